The highest BCUT2D eigenvalue weighted by Crippen LogP contribution is 2.41. The molecule has 1 atom stereocenters. The number of β-lactam (4-membered cyclic amide) rings is 1. The Kier molecular flexibility index (Phi) is 4.76. The summed E-state index contributed by atoms with van der Waals surface area (Å²) in [5.74, 6) is -1.41. The number of hydrogen-bond donors (Lipinski definition) is 2. The monoisotopic (exact) mass is 371 g/mol. The minimum atomic E-state index is -1.12. The van der Waals surface area contributed by atoms with Crippen molar-refractivity contribution in [3.05, 3.63) is 11.3 Å². The van der Waals surface area contributed by atoms with Gasteiger partial charge in [0, 0.05) is 11.5 Å². The van der Waals surface area contributed by atoms with Crippen molar-refractivity contribution in [2.24, 2.45) is 0 Å². The lowest BCUT2D eigenvalue weighted by atomic mass is 10.1. The fourth-order valence-electron chi connectivity index (χ4n) is 2.38. The Bertz CT molecular complexity index is 733. The molecule has 0 unspecified atom stereocenters. The molecule has 0 aliphatic carbocycles. The molecule has 0 radical (unpaired) electrons. The van der Waals surface area contributed by atoms with Gasteiger partial charge in [-0.2, -0.15) is 0 Å². The summed E-state index contributed by atoms with van der Waals surface area (Å²) in [6, 6.07) is 0. The van der Waals surface area contributed by atoms with Gasteiger partial charge >= 0.3 is 11.9 Å². The summed E-state index contributed by atoms with van der Waals surface area (Å²) in [5.41, 5.74) is 0.682. The first-order valence-electron chi connectivity index (χ1n) is 6.97. The van der Waals surface area contributed by atoms with Crippen LogP contribution in [-0.4, -0.2) is 70.0 Å². The lowest BCUT2D eigenvalue weighted by Gasteiger charge is -2.43. The third kappa shape index (κ3) is 3.24. The zero-order valence-electron chi connectivity index (χ0n) is 12.3. The molecule has 2 aliphatic heterocycles. The van der Waals surface area contributed by atoms with Crippen LogP contribution in [0.25, 0.3) is 0 Å². The molecule has 1 aromatic rings. The Labute approximate surface area is 144 Å². The van der Waals surface area contributed by atoms with E-state index in [1.165, 1.54) is 33.1 Å². The van der Waals surface area contributed by atoms with Gasteiger partial charge < -0.3 is 10.2 Å². The van der Waals surface area contributed by atoms with Crippen LogP contribution in [0.2, 0.25) is 0 Å². The van der Waals surface area contributed by atoms with Gasteiger partial charge in [0.1, 0.15) is 5.70 Å². The van der Waals surface area contributed by atoms with Gasteiger partial charge in [0.25, 0.3) is 0 Å². The van der Waals surface area contributed by atoms with Crippen molar-refractivity contribution in [3.8, 4) is 0 Å². The smallest absolute Gasteiger partial charge is 0.352 e. The highest BCUT2D eigenvalue weighted by atomic mass is 32.2. The maximum absolute atomic E-state index is 11.7. The lowest BCUT2D eigenvalue weighted by molar-refractivity contribution is -0.146. The molecule has 3 rings (SSSR count). The number of tetrazole rings is 1. The summed E-state index contributed by atoms with van der Waals surface area (Å²) in [6.45, 7) is 0.136. The van der Waals surface area contributed by atoms with Crippen LogP contribution in [0.15, 0.2) is 16.4 Å². The number of carboxylic acid groups (broad SMARTS) is 2. The molecular weight excluding hydrogens is 358 g/mol. The average Bonchev–Trinajstić information content (AvgIpc) is 2.97. The number of fused-ring (bicyclic) bond motifs is 1. The van der Waals surface area contributed by atoms with Gasteiger partial charge in [-0.3, -0.25) is 14.5 Å². The molecule has 0 bridgehead atoms. The van der Waals surface area contributed by atoms with E-state index in [4.69, 9.17) is 5.11 Å². The molecule has 2 aliphatic rings. The predicted molar refractivity (Wildman–Crippen MR) is 83.2 cm³/mol. The van der Waals surface area contributed by atoms with Crippen LogP contribution in [0.5, 0.6) is 0 Å². The van der Waals surface area contributed by atoms with Crippen LogP contribution >= 0.6 is 23.5 Å². The molecule has 24 heavy (non-hydrogen) atoms. The Morgan fingerprint density at radius 3 is 2.83 bits per heavy atom. The van der Waals surface area contributed by atoms with Crippen molar-refractivity contribution in [2.45, 2.75) is 29.9 Å². The van der Waals surface area contributed by atoms with E-state index in [0.717, 1.165) is 0 Å². The normalized spacial score (nSPS) is 19.9. The van der Waals surface area contributed by atoms with Crippen molar-refractivity contribution in [1.82, 2.24) is 25.1 Å². The summed E-state index contributed by atoms with van der Waals surface area (Å²) in [5, 5.41) is 29.5. The van der Waals surface area contributed by atoms with Gasteiger partial charge in [0.2, 0.25) is 11.1 Å². The van der Waals surface area contributed by atoms with Gasteiger partial charge in [0.05, 0.1) is 24.8 Å². The van der Waals surface area contributed by atoms with E-state index in [1.807, 2.05) is 0 Å². The third-order valence-corrected chi connectivity index (χ3v) is 5.87. The molecule has 1 saturated heterocycles. The Balaban J connectivity index is 1.72. The van der Waals surface area contributed by atoms with Crippen molar-refractivity contribution in [1.29, 1.82) is 0 Å². The quantitative estimate of drug-likeness (QED) is 0.493. The number of amides is 1. The summed E-state index contributed by atoms with van der Waals surface area (Å²) in [4.78, 5) is 35.2. The van der Waals surface area contributed by atoms with Gasteiger partial charge in [-0.25, -0.2) is 9.48 Å². The Morgan fingerprint density at radius 1 is 1.38 bits per heavy atom. The minimum absolute atomic E-state index is 0.0482. The topological polar surface area (TPSA) is 139 Å². The molecule has 1 fully saturated rings. The van der Waals surface area contributed by atoms with E-state index in [2.05, 4.69) is 15.5 Å². The molecule has 128 valence electrons. The van der Waals surface area contributed by atoms with Crippen molar-refractivity contribution < 1.29 is 24.6 Å². The third-order valence-electron chi connectivity index (χ3n) is 3.55. The molecule has 0 saturated carbocycles. The van der Waals surface area contributed by atoms with Crippen LogP contribution < -0.4 is 0 Å². The zero-order chi connectivity index (χ0) is 17.3. The van der Waals surface area contributed by atoms with Crippen LogP contribution in [0, 0.1) is 0 Å². The molecule has 0 aromatic carbocycles. The number of carbonyl (C=O) groups excluding carboxylic acids is 1. The minimum Gasteiger partial charge on any atom is -0.481 e. The zero-order valence-corrected chi connectivity index (χ0v) is 13.9. The van der Waals surface area contributed by atoms with E-state index in [0.29, 0.717) is 28.7 Å². The second-order valence-corrected chi connectivity index (χ2v) is 7.22. The maximum Gasteiger partial charge on any atom is 0.352 e. The first-order valence-corrected chi connectivity index (χ1v) is 9.00. The van der Waals surface area contributed by atoms with E-state index in [1.54, 1.807) is 0 Å². The summed E-state index contributed by atoms with van der Waals surface area (Å²) in [7, 11) is 0. The number of aryl methyl sites for hydroxylation is 1. The molecule has 12 heteroatoms. The van der Waals surface area contributed by atoms with Crippen molar-refractivity contribution in [3.63, 3.8) is 0 Å². The Hall–Kier alpha value is -2.08. The van der Waals surface area contributed by atoms with Crippen LogP contribution in [0.1, 0.15) is 12.8 Å². The number of aromatic nitrogens is 4. The van der Waals surface area contributed by atoms with Crippen LogP contribution in [0.4, 0.5) is 0 Å². The first-order chi connectivity index (χ1) is 11.5. The number of carbonyl (C=O) groups is 3. The fourth-order valence-corrected chi connectivity index (χ4v) is 4.69. The molecular formula is C12H13N5O5S2. The maximum atomic E-state index is 11.7. The van der Waals surface area contributed by atoms with Gasteiger partial charge in [-0.05, 0) is 16.0 Å². The number of carboxylic acids is 2. The van der Waals surface area contributed by atoms with Gasteiger partial charge in [0.15, 0.2) is 0 Å². The van der Waals surface area contributed by atoms with E-state index in [9.17, 15) is 19.5 Å². The van der Waals surface area contributed by atoms with Crippen molar-refractivity contribution in [2.75, 3.05) is 11.5 Å². The largest absolute Gasteiger partial charge is 0.481 e. The number of thioether (sulfide) groups is 2. The second-order valence-electron chi connectivity index (χ2n) is 5.11. The Morgan fingerprint density at radius 2 is 2.17 bits per heavy atom. The number of aliphatic carboxylic acids is 2. The SMILES string of the molecule is O=C(O)CCn1nnnc1SCC1=C(C(=O)O)N2C(=O)C[C@H]2SC1. The van der Waals surface area contributed by atoms with E-state index >= 15 is 0 Å². The molecule has 3 heterocycles. The fraction of sp³-hybridized carbons (Fsp3) is 0.500. The van der Waals surface area contributed by atoms with E-state index in [-0.39, 0.29) is 29.9 Å². The number of rotatable bonds is 7. The first kappa shape index (κ1) is 16.8. The molecule has 10 nitrogen and oxygen atoms in total. The summed E-state index contributed by atoms with van der Waals surface area (Å²) in [6.07, 6.45) is 0.261. The van der Waals surface area contributed by atoms with Gasteiger partial charge in [-0.15, -0.1) is 16.9 Å². The van der Waals surface area contributed by atoms with Crippen LogP contribution in [-0.2, 0) is 20.9 Å². The number of nitrogens with zero attached hydrogens (tertiary/aromatic N) is 5. The van der Waals surface area contributed by atoms with Crippen LogP contribution in [0.3, 0.4) is 0 Å². The molecule has 2 N–H and O–H groups in total. The number of hydrogen-bond acceptors (Lipinski definition) is 8. The van der Waals surface area contributed by atoms with E-state index < -0.39 is 11.9 Å². The molecule has 1 aromatic heterocycles. The highest BCUT2D eigenvalue weighted by molar-refractivity contribution is 8.00. The standard InChI is InChI=1S/C12H13N5O5S2/c18-7-3-8-17(7)10(11(21)22)6(4-23-8)5-24-12-13-14-15-16(12)2-1-9(19)20/h8H,1-5H2,(H,19,20)(H,21,22)/t8-/m1/s1. The van der Waals surface area contributed by atoms with Gasteiger partial charge in [-0.1, -0.05) is 11.8 Å². The molecule has 1 amide bonds. The second kappa shape index (κ2) is 6.81. The van der Waals surface area contributed by atoms with Crippen molar-refractivity contribution >= 4 is 41.4 Å². The predicted octanol–water partition coefficient (Wildman–Crippen LogP) is -0.116. The highest BCUT2D eigenvalue weighted by Gasteiger charge is 2.45. The summed E-state index contributed by atoms with van der Waals surface area (Å²) < 4.78 is 1.37. The average molecular weight is 371 g/mol. The summed E-state index contributed by atoms with van der Waals surface area (Å²) >= 11 is 2.76. The lowest BCUT2D eigenvalue weighted by Crippen LogP contribution is -2.54. The molecule has 0 spiro atoms.